The molecule has 0 saturated carbocycles. The first kappa shape index (κ1) is 20.1. The summed E-state index contributed by atoms with van der Waals surface area (Å²) in [4.78, 5) is 0. The van der Waals surface area contributed by atoms with Crippen LogP contribution >= 0.6 is 0 Å². The molecule has 2 heterocycles. The van der Waals surface area contributed by atoms with Crippen LogP contribution in [0.2, 0.25) is 0 Å². The summed E-state index contributed by atoms with van der Waals surface area (Å²) in [5.74, 6) is 0.653. The van der Waals surface area contributed by atoms with Crippen molar-refractivity contribution in [2.45, 2.75) is 24.4 Å². The van der Waals surface area contributed by atoms with Crippen molar-refractivity contribution < 1.29 is 34.6 Å². The maximum Gasteiger partial charge on any atom is 0.122 e. The van der Waals surface area contributed by atoms with Crippen LogP contribution < -0.4 is 0 Å². The summed E-state index contributed by atoms with van der Waals surface area (Å²) in [5.41, 5.74) is 1.40. The zero-order valence-corrected chi connectivity index (χ0v) is 17.5. The van der Waals surface area contributed by atoms with Gasteiger partial charge in [-0.3, -0.25) is 0 Å². The van der Waals surface area contributed by atoms with Gasteiger partial charge in [0.05, 0.1) is 13.2 Å². The van der Waals surface area contributed by atoms with Crippen LogP contribution in [0.5, 0.6) is 23.0 Å². The summed E-state index contributed by atoms with van der Waals surface area (Å²) in [6, 6.07) is 16.8. The van der Waals surface area contributed by atoms with E-state index in [1.165, 1.54) is 0 Å². The Kier molecular flexibility index (Phi) is 4.58. The Morgan fingerprint density at radius 2 is 1.06 bits per heavy atom. The second-order valence-electron chi connectivity index (χ2n) is 8.54. The van der Waals surface area contributed by atoms with Crippen molar-refractivity contribution in [3.8, 4) is 23.0 Å². The van der Waals surface area contributed by atoms with E-state index in [9.17, 15) is 20.4 Å². The molecule has 4 atom stereocenters. The topological polar surface area (TPSA) is 115 Å². The summed E-state index contributed by atoms with van der Waals surface area (Å²) in [5, 5.41) is 43.5. The normalized spacial score (nSPS) is 23.8. The molecule has 4 aromatic carbocycles. The summed E-state index contributed by atoms with van der Waals surface area (Å²) >= 11 is 0. The van der Waals surface area contributed by atoms with E-state index in [1.54, 1.807) is 60.7 Å². The van der Waals surface area contributed by atoms with Gasteiger partial charge < -0.3 is 34.6 Å². The molecule has 2 saturated heterocycles. The Balaban J connectivity index is 1.10. The lowest BCUT2D eigenvalue weighted by atomic mass is 9.99. The molecule has 168 valence electrons. The summed E-state index contributed by atoms with van der Waals surface area (Å²) in [6.45, 7) is 0.696. The van der Waals surface area contributed by atoms with Gasteiger partial charge in [0.25, 0.3) is 0 Å². The van der Waals surface area contributed by atoms with Crippen LogP contribution in [-0.4, -0.2) is 45.8 Å². The lowest BCUT2D eigenvalue weighted by Crippen LogP contribution is -2.08. The first-order chi connectivity index (χ1) is 16.0. The molecule has 0 bridgehead atoms. The molecule has 2 aliphatic heterocycles. The van der Waals surface area contributed by atoms with Crippen molar-refractivity contribution in [3.63, 3.8) is 0 Å². The molecule has 33 heavy (non-hydrogen) atoms. The van der Waals surface area contributed by atoms with Crippen LogP contribution in [0.15, 0.2) is 60.7 Å². The van der Waals surface area contributed by atoms with Crippen molar-refractivity contribution in [1.82, 2.24) is 0 Å². The third-order valence-electron chi connectivity index (χ3n) is 6.34. The highest BCUT2D eigenvalue weighted by Crippen LogP contribution is 2.48. The fourth-order valence-corrected chi connectivity index (χ4v) is 4.61. The third-order valence-corrected chi connectivity index (χ3v) is 6.34. The minimum Gasteiger partial charge on any atom is -0.508 e. The fourth-order valence-electron chi connectivity index (χ4n) is 4.61. The van der Waals surface area contributed by atoms with E-state index in [0.29, 0.717) is 24.3 Å². The van der Waals surface area contributed by atoms with Gasteiger partial charge in [0, 0.05) is 11.1 Å². The van der Waals surface area contributed by atoms with Gasteiger partial charge in [-0.05, 0) is 57.9 Å². The van der Waals surface area contributed by atoms with Gasteiger partial charge in [-0.25, -0.2) is 0 Å². The average molecular weight is 446 g/mol. The predicted octanol–water partition coefficient (Wildman–Crippen LogP) is 4.41. The largest absolute Gasteiger partial charge is 0.508 e. The Hall–Kier alpha value is -3.52. The van der Waals surface area contributed by atoms with Crippen LogP contribution in [0, 0.1) is 0 Å². The first-order valence-electron chi connectivity index (χ1n) is 10.8. The highest BCUT2D eigenvalue weighted by Gasteiger charge is 2.45. The van der Waals surface area contributed by atoms with Gasteiger partial charge in [-0.15, -0.1) is 0 Å². The van der Waals surface area contributed by atoms with Gasteiger partial charge in [0.2, 0.25) is 0 Å². The monoisotopic (exact) mass is 446 g/mol. The van der Waals surface area contributed by atoms with Gasteiger partial charge in [0.15, 0.2) is 0 Å². The van der Waals surface area contributed by atoms with Crippen LogP contribution in [-0.2, 0) is 14.2 Å². The summed E-state index contributed by atoms with van der Waals surface area (Å²) < 4.78 is 17.4. The minimum absolute atomic E-state index is 0.156. The molecule has 0 aromatic heterocycles. The number of phenolic OH excluding ortho intramolecular Hbond substituents is 4. The molecule has 0 aliphatic carbocycles. The molecule has 7 nitrogen and oxygen atoms in total. The van der Waals surface area contributed by atoms with Gasteiger partial charge in [0.1, 0.15) is 47.4 Å². The number of phenols is 4. The molecule has 4 unspecified atom stereocenters. The van der Waals surface area contributed by atoms with Gasteiger partial charge in [-0.1, -0.05) is 24.3 Å². The number of hydrogen-bond acceptors (Lipinski definition) is 7. The van der Waals surface area contributed by atoms with Crippen molar-refractivity contribution in [3.05, 3.63) is 71.8 Å². The first-order valence-corrected chi connectivity index (χ1v) is 10.8. The number of rotatable bonds is 6. The maximum atomic E-state index is 10.4. The summed E-state index contributed by atoms with van der Waals surface area (Å²) in [6.07, 6.45) is -0.907. The van der Waals surface area contributed by atoms with Crippen molar-refractivity contribution >= 4 is 21.5 Å². The molecule has 4 aromatic rings. The molecular weight excluding hydrogens is 424 g/mol. The van der Waals surface area contributed by atoms with E-state index in [-0.39, 0.29) is 47.4 Å². The van der Waals surface area contributed by atoms with Crippen LogP contribution in [0.3, 0.4) is 0 Å². The predicted molar refractivity (Wildman–Crippen MR) is 121 cm³/mol. The number of aromatic hydroxyl groups is 4. The van der Waals surface area contributed by atoms with Crippen LogP contribution in [0.1, 0.15) is 23.3 Å². The lowest BCUT2D eigenvalue weighted by molar-refractivity contribution is 0.102. The number of epoxide rings is 2. The standard InChI is InChI=1S/C26H22O7/c27-15-3-5-17-13(9-15)1-7-19(29)23(17)25-21(32-25)11-31-12-22-26(33-22)24-18-6-4-16(28)10-14(18)2-8-20(24)30/h1-10,21-22,25-30H,11-12H2. The zero-order valence-electron chi connectivity index (χ0n) is 17.5. The lowest BCUT2D eigenvalue weighted by Gasteiger charge is -2.08. The van der Waals surface area contributed by atoms with E-state index in [2.05, 4.69) is 0 Å². The third kappa shape index (κ3) is 3.60. The Morgan fingerprint density at radius 3 is 1.52 bits per heavy atom. The Morgan fingerprint density at radius 1 is 0.606 bits per heavy atom. The smallest absolute Gasteiger partial charge is 0.122 e. The van der Waals surface area contributed by atoms with Crippen LogP contribution in [0.4, 0.5) is 0 Å². The minimum atomic E-state index is -0.274. The average Bonchev–Trinajstić information content (AvgIpc) is 3.71. The van der Waals surface area contributed by atoms with E-state index < -0.39 is 0 Å². The molecular formula is C26H22O7. The van der Waals surface area contributed by atoms with E-state index >= 15 is 0 Å². The molecule has 4 N–H and O–H groups in total. The number of ether oxygens (including phenoxy) is 3. The fraction of sp³-hybridized carbons (Fsp3) is 0.231. The number of benzene rings is 4. The molecule has 6 rings (SSSR count). The molecule has 0 radical (unpaired) electrons. The molecule has 2 aliphatic rings. The quantitative estimate of drug-likeness (QED) is 0.324. The molecule has 0 amide bonds. The van der Waals surface area contributed by atoms with Gasteiger partial charge in [-0.2, -0.15) is 0 Å². The van der Waals surface area contributed by atoms with E-state index in [0.717, 1.165) is 21.5 Å². The number of hydrogen-bond donors (Lipinski definition) is 4. The molecule has 0 spiro atoms. The zero-order chi connectivity index (χ0) is 22.7. The highest BCUT2D eigenvalue weighted by atomic mass is 16.6. The van der Waals surface area contributed by atoms with E-state index in [1.807, 2.05) is 0 Å². The van der Waals surface area contributed by atoms with Crippen LogP contribution in [0.25, 0.3) is 21.5 Å². The molecule has 2 fully saturated rings. The SMILES string of the molecule is Oc1ccc2c(C3OC3COCC3OC3c3c(O)ccc4cc(O)ccc34)c(O)ccc2c1. The number of fused-ring (bicyclic) bond motifs is 2. The second kappa shape index (κ2) is 7.52. The Labute approximate surface area is 189 Å². The molecule has 7 heteroatoms. The van der Waals surface area contributed by atoms with Crippen molar-refractivity contribution in [2.75, 3.05) is 13.2 Å². The highest BCUT2D eigenvalue weighted by molar-refractivity contribution is 5.90. The second-order valence-corrected chi connectivity index (χ2v) is 8.54. The van der Waals surface area contributed by atoms with Crippen molar-refractivity contribution in [2.24, 2.45) is 0 Å². The van der Waals surface area contributed by atoms with Crippen molar-refractivity contribution in [1.29, 1.82) is 0 Å². The van der Waals surface area contributed by atoms with E-state index in [4.69, 9.17) is 14.2 Å². The Bertz CT molecular complexity index is 1280. The maximum absolute atomic E-state index is 10.4. The summed E-state index contributed by atoms with van der Waals surface area (Å²) in [7, 11) is 0. The van der Waals surface area contributed by atoms with Gasteiger partial charge >= 0.3 is 0 Å².